The summed E-state index contributed by atoms with van der Waals surface area (Å²) in [5.41, 5.74) is 0. The smallest absolute Gasteiger partial charge is 0.307 e. The van der Waals surface area contributed by atoms with E-state index in [1.807, 2.05) is 6.92 Å². The van der Waals surface area contributed by atoms with Crippen LogP contribution in [0, 0.1) is 24.2 Å². The Kier molecular flexibility index (Phi) is 5.46. The molecule has 1 amide bonds. The Morgan fingerprint density at radius 2 is 1.93 bits per heavy atom. The Morgan fingerprint density at radius 3 is 2.27 bits per heavy atom. The van der Waals surface area contributed by atoms with Crippen LogP contribution in [0.15, 0.2) is 0 Å². The van der Waals surface area contributed by atoms with Gasteiger partial charge in [0.2, 0.25) is 5.91 Å². The number of carbonyl (C=O) groups excluding carboxylic acids is 1. The van der Waals surface area contributed by atoms with Gasteiger partial charge in [0, 0.05) is 12.5 Å². The minimum absolute atomic E-state index is 0.203. The van der Waals surface area contributed by atoms with Gasteiger partial charge in [0.1, 0.15) is 0 Å². The van der Waals surface area contributed by atoms with Crippen LogP contribution in [-0.2, 0) is 9.59 Å². The fourth-order valence-electron chi connectivity index (χ4n) is 1.17. The van der Waals surface area contributed by atoms with E-state index in [4.69, 9.17) is 11.5 Å². The van der Waals surface area contributed by atoms with Gasteiger partial charge in [-0.2, -0.15) is 0 Å². The molecule has 0 saturated carbocycles. The third-order valence-electron chi connectivity index (χ3n) is 2.50. The Labute approximate surface area is 90.3 Å². The molecule has 15 heavy (non-hydrogen) atoms. The lowest BCUT2D eigenvalue weighted by Crippen LogP contribution is -2.39. The summed E-state index contributed by atoms with van der Waals surface area (Å²) in [5, 5.41) is 8.77. The number of nitrogens with zero attached hydrogens (tertiary/aromatic N) is 1. The van der Waals surface area contributed by atoms with Gasteiger partial charge in [0.15, 0.2) is 0 Å². The van der Waals surface area contributed by atoms with Gasteiger partial charge in [-0.25, -0.2) is 0 Å². The van der Waals surface area contributed by atoms with Crippen LogP contribution in [0.3, 0.4) is 0 Å². The fourth-order valence-corrected chi connectivity index (χ4v) is 1.17. The maximum atomic E-state index is 11.8. The number of carboxylic acid groups (broad SMARTS) is 1. The van der Waals surface area contributed by atoms with Gasteiger partial charge in [-0.15, -0.1) is 6.42 Å². The van der Waals surface area contributed by atoms with Crippen molar-refractivity contribution in [2.75, 3.05) is 13.1 Å². The van der Waals surface area contributed by atoms with Crippen molar-refractivity contribution >= 4 is 11.9 Å². The highest BCUT2D eigenvalue weighted by Gasteiger charge is 2.28. The molecule has 0 aliphatic rings. The number of terminal acetylenes is 1. The summed E-state index contributed by atoms with van der Waals surface area (Å²) in [4.78, 5) is 24.0. The number of carboxylic acids is 1. The highest BCUT2D eigenvalue weighted by molar-refractivity contribution is 5.84. The molecule has 4 heteroatoms. The molecule has 0 heterocycles. The summed E-state index contributed by atoms with van der Waals surface area (Å²) < 4.78 is 0. The second-order valence-corrected chi connectivity index (χ2v) is 3.47. The second kappa shape index (κ2) is 6.07. The van der Waals surface area contributed by atoms with E-state index in [-0.39, 0.29) is 12.5 Å². The van der Waals surface area contributed by atoms with Crippen molar-refractivity contribution in [2.45, 2.75) is 20.8 Å². The summed E-state index contributed by atoms with van der Waals surface area (Å²) in [6, 6.07) is 0. The van der Waals surface area contributed by atoms with Crippen molar-refractivity contribution in [2.24, 2.45) is 11.8 Å². The van der Waals surface area contributed by atoms with Crippen molar-refractivity contribution < 1.29 is 14.7 Å². The molecule has 0 radical (unpaired) electrons. The fraction of sp³-hybridized carbons (Fsp3) is 0.636. The first-order valence-corrected chi connectivity index (χ1v) is 4.90. The first-order chi connectivity index (χ1) is 6.95. The zero-order valence-electron chi connectivity index (χ0n) is 9.36. The Morgan fingerprint density at radius 1 is 1.40 bits per heavy atom. The summed E-state index contributed by atoms with van der Waals surface area (Å²) in [7, 11) is 0. The molecular weight excluding hydrogens is 194 g/mol. The third kappa shape index (κ3) is 3.62. The standard InChI is InChI=1S/C11H17NO3/c1-5-7-12(6-2)10(13)8(3)9(4)11(14)15/h1,8-9H,6-7H2,2-4H3,(H,14,15). The van der Waals surface area contributed by atoms with E-state index < -0.39 is 17.8 Å². The van der Waals surface area contributed by atoms with E-state index in [9.17, 15) is 9.59 Å². The van der Waals surface area contributed by atoms with Crippen LogP contribution in [-0.4, -0.2) is 35.0 Å². The first kappa shape index (κ1) is 13.5. The highest BCUT2D eigenvalue weighted by Crippen LogP contribution is 2.14. The van der Waals surface area contributed by atoms with Gasteiger partial charge in [0.25, 0.3) is 0 Å². The SMILES string of the molecule is C#CCN(CC)C(=O)C(C)C(C)C(=O)O. The molecule has 0 aliphatic heterocycles. The van der Waals surface area contributed by atoms with Crippen molar-refractivity contribution in [3.8, 4) is 12.3 Å². The second-order valence-electron chi connectivity index (χ2n) is 3.47. The largest absolute Gasteiger partial charge is 0.481 e. The summed E-state index contributed by atoms with van der Waals surface area (Å²) in [6.45, 7) is 5.67. The molecule has 0 aromatic rings. The zero-order valence-corrected chi connectivity index (χ0v) is 9.36. The first-order valence-electron chi connectivity index (χ1n) is 4.90. The normalized spacial score (nSPS) is 13.7. The molecule has 4 nitrogen and oxygen atoms in total. The number of hydrogen-bond acceptors (Lipinski definition) is 2. The molecule has 0 aromatic carbocycles. The van der Waals surface area contributed by atoms with Crippen molar-refractivity contribution in [3.63, 3.8) is 0 Å². The molecule has 0 saturated heterocycles. The lowest BCUT2D eigenvalue weighted by molar-refractivity contribution is -0.148. The average molecular weight is 211 g/mol. The Hall–Kier alpha value is -1.50. The summed E-state index contributed by atoms with van der Waals surface area (Å²) in [6.07, 6.45) is 5.12. The minimum Gasteiger partial charge on any atom is -0.481 e. The maximum absolute atomic E-state index is 11.8. The number of aliphatic carboxylic acids is 1. The average Bonchev–Trinajstić information content (AvgIpc) is 2.22. The molecule has 2 atom stereocenters. The molecule has 0 aromatic heterocycles. The van der Waals surface area contributed by atoms with Gasteiger partial charge in [-0.3, -0.25) is 9.59 Å². The number of rotatable bonds is 5. The maximum Gasteiger partial charge on any atom is 0.307 e. The predicted octanol–water partition coefficient (Wildman–Crippen LogP) is 0.825. The zero-order chi connectivity index (χ0) is 12.0. The van der Waals surface area contributed by atoms with Crippen LogP contribution >= 0.6 is 0 Å². The molecule has 0 bridgehead atoms. The van der Waals surface area contributed by atoms with Gasteiger partial charge >= 0.3 is 5.97 Å². The number of carbonyl (C=O) groups is 2. The van der Waals surface area contributed by atoms with E-state index in [2.05, 4.69) is 5.92 Å². The Bertz CT molecular complexity index is 280. The Balaban J connectivity index is 4.55. The van der Waals surface area contributed by atoms with E-state index in [1.54, 1.807) is 6.92 Å². The highest BCUT2D eigenvalue weighted by atomic mass is 16.4. The van der Waals surface area contributed by atoms with Crippen LogP contribution in [0.2, 0.25) is 0 Å². The number of amides is 1. The van der Waals surface area contributed by atoms with Crippen LogP contribution in [0.4, 0.5) is 0 Å². The molecule has 0 spiro atoms. The summed E-state index contributed by atoms with van der Waals surface area (Å²) >= 11 is 0. The lowest BCUT2D eigenvalue weighted by Gasteiger charge is -2.24. The number of hydrogen-bond donors (Lipinski definition) is 1. The van der Waals surface area contributed by atoms with Gasteiger partial charge in [-0.05, 0) is 6.92 Å². The van der Waals surface area contributed by atoms with Crippen LogP contribution < -0.4 is 0 Å². The topological polar surface area (TPSA) is 57.6 Å². The molecule has 1 N–H and O–H groups in total. The molecular formula is C11H17NO3. The lowest BCUT2D eigenvalue weighted by atomic mass is 9.95. The molecule has 2 unspecified atom stereocenters. The van der Waals surface area contributed by atoms with E-state index in [1.165, 1.54) is 11.8 Å². The minimum atomic E-state index is -0.965. The van der Waals surface area contributed by atoms with Crippen LogP contribution in [0.1, 0.15) is 20.8 Å². The third-order valence-corrected chi connectivity index (χ3v) is 2.50. The van der Waals surface area contributed by atoms with Crippen molar-refractivity contribution in [1.82, 2.24) is 4.90 Å². The molecule has 0 rings (SSSR count). The predicted molar refractivity (Wildman–Crippen MR) is 57.1 cm³/mol. The monoisotopic (exact) mass is 211 g/mol. The van der Waals surface area contributed by atoms with Gasteiger partial charge in [0.05, 0.1) is 12.5 Å². The summed E-state index contributed by atoms with van der Waals surface area (Å²) in [5.74, 6) is -0.0242. The molecule has 0 fully saturated rings. The van der Waals surface area contributed by atoms with Crippen LogP contribution in [0.5, 0.6) is 0 Å². The van der Waals surface area contributed by atoms with Crippen molar-refractivity contribution in [1.29, 1.82) is 0 Å². The van der Waals surface area contributed by atoms with E-state index in [0.29, 0.717) is 6.54 Å². The molecule has 0 aliphatic carbocycles. The van der Waals surface area contributed by atoms with Gasteiger partial charge in [-0.1, -0.05) is 19.8 Å². The van der Waals surface area contributed by atoms with Crippen LogP contribution in [0.25, 0.3) is 0 Å². The van der Waals surface area contributed by atoms with E-state index in [0.717, 1.165) is 0 Å². The molecule has 84 valence electrons. The quantitative estimate of drug-likeness (QED) is 0.685. The van der Waals surface area contributed by atoms with Gasteiger partial charge < -0.3 is 10.0 Å². The van der Waals surface area contributed by atoms with E-state index >= 15 is 0 Å². The van der Waals surface area contributed by atoms with Crippen molar-refractivity contribution in [3.05, 3.63) is 0 Å².